The topological polar surface area (TPSA) is 54.5 Å². The van der Waals surface area contributed by atoms with Crippen LogP contribution in [0.5, 0.6) is 0 Å². The molecule has 0 radical (unpaired) electrons. The number of nitrogens with zero attached hydrogens (tertiary/aromatic N) is 4. The van der Waals surface area contributed by atoms with Gasteiger partial charge in [0.25, 0.3) is 0 Å². The van der Waals surface area contributed by atoms with Crippen LogP contribution in [0.25, 0.3) is 5.69 Å². The molecule has 74 valence electrons. The van der Waals surface area contributed by atoms with Gasteiger partial charge in [-0.1, -0.05) is 0 Å². The Labute approximate surface area is 87.8 Å². The number of aryl methyl sites for hydroxylation is 1. The summed E-state index contributed by atoms with van der Waals surface area (Å²) < 4.78 is 1.88. The second kappa shape index (κ2) is 3.54. The van der Waals surface area contributed by atoms with Crippen molar-refractivity contribution in [2.24, 2.45) is 0 Å². The van der Waals surface area contributed by atoms with Crippen molar-refractivity contribution >= 4 is 0 Å². The first-order valence-electron chi connectivity index (χ1n) is 4.60. The molecule has 15 heavy (non-hydrogen) atoms. The molecule has 0 atom stereocenters. The third-order valence-corrected chi connectivity index (χ3v) is 2.40. The number of aromatic nitrogens is 3. The molecule has 2 aromatic rings. The minimum atomic E-state index is 0.415. The SMILES string of the molecule is Cc1ncn(-c2cccnc2C#N)c1C. The molecule has 0 bridgehead atoms. The molecule has 0 aliphatic heterocycles. The summed E-state index contributed by atoms with van der Waals surface area (Å²) in [4.78, 5) is 8.21. The first kappa shape index (κ1) is 9.41. The minimum Gasteiger partial charge on any atom is -0.300 e. The van der Waals surface area contributed by atoms with Gasteiger partial charge < -0.3 is 4.57 Å². The van der Waals surface area contributed by atoms with E-state index in [-0.39, 0.29) is 0 Å². The molecule has 0 spiro atoms. The largest absolute Gasteiger partial charge is 0.300 e. The fourth-order valence-electron chi connectivity index (χ4n) is 1.42. The molecule has 2 heterocycles. The third-order valence-electron chi connectivity index (χ3n) is 2.40. The lowest BCUT2D eigenvalue weighted by molar-refractivity contribution is 0.979. The Morgan fingerprint density at radius 2 is 2.13 bits per heavy atom. The number of pyridine rings is 1. The van der Waals surface area contributed by atoms with E-state index in [0.717, 1.165) is 17.1 Å². The average Bonchev–Trinajstić information content (AvgIpc) is 2.60. The van der Waals surface area contributed by atoms with Gasteiger partial charge in [-0.05, 0) is 26.0 Å². The van der Waals surface area contributed by atoms with E-state index in [9.17, 15) is 0 Å². The molecule has 0 aliphatic carbocycles. The number of hydrogen-bond donors (Lipinski definition) is 0. The Morgan fingerprint density at radius 1 is 1.33 bits per heavy atom. The molecule has 2 rings (SSSR count). The normalized spacial score (nSPS) is 9.93. The molecule has 0 aromatic carbocycles. The fraction of sp³-hybridized carbons (Fsp3) is 0.182. The standard InChI is InChI=1S/C11H10N4/c1-8-9(2)15(7-14-8)11-4-3-5-13-10(11)6-12/h3-5,7H,1-2H3. The highest BCUT2D eigenvalue weighted by atomic mass is 15.1. The fourth-order valence-corrected chi connectivity index (χ4v) is 1.42. The zero-order valence-corrected chi connectivity index (χ0v) is 8.60. The van der Waals surface area contributed by atoms with Crippen molar-refractivity contribution in [2.45, 2.75) is 13.8 Å². The molecule has 4 nitrogen and oxygen atoms in total. The highest BCUT2D eigenvalue weighted by Gasteiger charge is 2.08. The lowest BCUT2D eigenvalue weighted by atomic mass is 10.3. The van der Waals surface area contributed by atoms with Crippen LogP contribution in [-0.4, -0.2) is 14.5 Å². The molecule has 0 amide bonds. The number of imidazole rings is 1. The lowest BCUT2D eigenvalue weighted by Gasteiger charge is -2.05. The summed E-state index contributed by atoms with van der Waals surface area (Å²) in [6.07, 6.45) is 3.32. The molecule has 0 N–H and O–H groups in total. The van der Waals surface area contributed by atoms with Gasteiger partial charge in [-0.15, -0.1) is 0 Å². The Bertz CT molecular complexity index is 534. The van der Waals surface area contributed by atoms with E-state index in [1.165, 1.54) is 0 Å². The Hall–Kier alpha value is -2.15. The van der Waals surface area contributed by atoms with Crippen molar-refractivity contribution < 1.29 is 0 Å². The van der Waals surface area contributed by atoms with Crippen LogP contribution in [0.1, 0.15) is 17.1 Å². The maximum atomic E-state index is 8.93. The molecular weight excluding hydrogens is 188 g/mol. The van der Waals surface area contributed by atoms with E-state index in [0.29, 0.717) is 5.69 Å². The summed E-state index contributed by atoms with van der Waals surface area (Å²) >= 11 is 0. The van der Waals surface area contributed by atoms with Crippen LogP contribution in [0.15, 0.2) is 24.7 Å². The molecule has 0 aliphatic rings. The molecule has 0 unspecified atom stereocenters. The second-order valence-corrected chi connectivity index (χ2v) is 3.27. The van der Waals surface area contributed by atoms with Crippen molar-refractivity contribution in [3.05, 3.63) is 41.7 Å². The summed E-state index contributed by atoms with van der Waals surface area (Å²) in [5.41, 5.74) is 3.18. The van der Waals surface area contributed by atoms with E-state index in [2.05, 4.69) is 16.0 Å². The van der Waals surface area contributed by atoms with E-state index < -0.39 is 0 Å². The van der Waals surface area contributed by atoms with E-state index >= 15 is 0 Å². The van der Waals surface area contributed by atoms with Crippen LogP contribution in [0.3, 0.4) is 0 Å². The smallest absolute Gasteiger partial charge is 0.164 e. The number of hydrogen-bond acceptors (Lipinski definition) is 3. The Morgan fingerprint density at radius 3 is 2.73 bits per heavy atom. The van der Waals surface area contributed by atoms with Gasteiger partial charge in [0.05, 0.1) is 17.7 Å². The van der Waals surface area contributed by atoms with Crippen molar-refractivity contribution in [1.82, 2.24) is 14.5 Å². The summed E-state index contributed by atoms with van der Waals surface area (Å²) in [7, 11) is 0. The van der Waals surface area contributed by atoms with Crippen LogP contribution < -0.4 is 0 Å². The van der Waals surface area contributed by atoms with Crippen LogP contribution in [0.4, 0.5) is 0 Å². The number of rotatable bonds is 1. The summed E-state index contributed by atoms with van der Waals surface area (Å²) in [6, 6.07) is 5.74. The Balaban J connectivity index is 2.65. The van der Waals surface area contributed by atoms with Gasteiger partial charge in [-0.3, -0.25) is 0 Å². The quantitative estimate of drug-likeness (QED) is 0.701. The monoisotopic (exact) mass is 198 g/mol. The van der Waals surface area contributed by atoms with Crippen molar-refractivity contribution in [2.75, 3.05) is 0 Å². The highest BCUT2D eigenvalue weighted by Crippen LogP contribution is 2.15. The molecule has 0 saturated carbocycles. The molecule has 4 heteroatoms. The average molecular weight is 198 g/mol. The first-order chi connectivity index (χ1) is 7.24. The summed E-state index contributed by atoms with van der Waals surface area (Å²) in [5.74, 6) is 0. The predicted octanol–water partition coefficient (Wildman–Crippen LogP) is 1.76. The second-order valence-electron chi connectivity index (χ2n) is 3.27. The summed E-state index contributed by atoms with van der Waals surface area (Å²) in [6.45, 7) is 3.91. The minimum absolute atomic E-state index is 0.415. The Kier molecular flexibility index (Phi) is 2.22. The zero-order valence-electron chi connectivity index (χ0n) is 8.60. The predicted molar refractivity (Wildman–Crippen MR) is 55.5 cm³/mol. The lowest BCUT2D eigenvalue weighted by Crippen LogP contribution is -1.99. The van der Waals surface area contributed by atoms with Crippen LogP contribution >= 0.6 is 0 Å². The van der Waals surface area contributed by atoms with Gasteiger partial charge >= 0.3 is 0 Å². The maximum absolute atomic E-state index is 8.93. The van der Waals surface area contributed by atoms with Crippen molar-refractivity contribution in [1.29, 1.82) is 5.26 Å². The van der Waals surface area contributed by atoms with Gasteiger partial charge in [0, 0.05) is 11.9 Å². The van der Waals surface area contributed by atoms with Crippen LogP contribution in [-0.2, 0) is 0 Å². The molecular formula is C11H10N4. The van der Waals surface area contributed by atoms with Gasteiger partial charge in [0.15, 0.2) is 5.69 Å². The number of nitriles is 1. The van der Waals surface area contributed by atoms with Gasteiger partial charge in [-0.25, -0.2) is 9.97 Å². The van der Waals surface area contributed by atoms with Crippen molar-refractivity contribution in [3.63, 3.8) is 0 Å². The van der Waals surface area contributed by atoms with Crippen LogP contribution in [0, 0.1) is 25.2 Å². The summed E-state index contributed by atoms with van der Waals surface area (Å²) in [5, 5.41) is 8.93. The first-order valence-corrected chi connectivity index (χ1v) is 4.60. The maximum Gasteiger partial charge on any atom is 0.164 e. The van der Waals surface area contributed by atoms with Gasteiger partial charge in [-0.2, -0.15) is 5.26 Å². The van der Waals surface area contributed by atoms with E-state index in [4.69, 9.17) is 5.26 Å². The molecule has 0 fully saturated rings. The van der Waals surface area contributed by atoms with Gasteiger partial charge in [0.2, 0.25) is 0 Å². The van der Waals surface area contributed by atoms with Crippen molar-refractivity contribution in [3.8, 4) is 11.8 Å². The van der Waals surface area contributed by atoms with E-state index in [1.54, 1.807) is 12.5 Å². The van der Waals surface area contributed by atoms with Gasteiger partial charge in [0.1, 0.15) is 6.07 Å². The zero-order chi connectivity index (χ0) is 10.8. The molecule has 2 aromatic heterocycles. The van der Waals surface area contributed by atoms with Crippen LogP contribution in [0.2, 0.25) is 0 Å². The molecule has 0 saturated heterocycles. The highest BCUT2D eigenvalue weighted by molar-refractivity contribution is 5.45. The van der Waals surface area contributed by atoms with E-state index in [1.807, 2.05) is 30.5 Å². The third kappa shape index (κ3) is 1.48.